The highest BCUT2D eigenvalue weighted by atomic mass is 35.5. The van der Waals surface area contributed by atoms with E-state index in [1.165, 1.54) is 9.79 Å². The first-order valence-electron chi connectivity index (χ1n) is 10.8. The van der Waals surface area contributed by atoms with Gasteiger partial charge in [-0.15, -0.1) is 23.5 Å². The molecule has 8 heteroatoms. The monoisotopic (exact) mass is 554 g/mol. The van der Waals surface area contributed by atoms with E-state index in [-0.39, 0.29) is 0 Å². The van der Waals surface area contributed by atoms with E-state index in [9.17, 15) is 0 Å². The maximum absolute atomic E-state index is 9.01. The van der Waals surface area contributed by atoms with Crippen LogP contribution in [0.1, 0.15) is 11.1 Å². The molecule has 0 spiro atoms. The van der Waals surface area contributed by atoms with Crippen molar-refractivity contribution in [2.24, 2.45) is 5.73 Å². The van der Waals surface area contributed by atoms with Gasteiger partial charge in [0.2, 0.25) is 0 Å². The third-order valence-corrected chi connectivity index (χ3v) is 6.84. The number of nitrogens with two attached hydrogens (primary N) is 1. The number of ether oxygens (including phenoxy) is 2. The number of halogens is 2. The molecule has 4 aromatic rings. The SMILES string of the molecule is CSc1ccc(Oc2ccc(Cl)cc2C#N)cc1.CSc1ccc(Oc2ccc(Cl)cc2CN)cc1. The topological polar surface area (TPSA) is 68.3 Å². The molecule has 0 saturated carbocycles. The van der Waals surface area contributed by atoms with Crippen LogP contribution in [0, 0.1) is 11.3 Å². The lowest BCUT2D eigenvalue weighted by molar-refractivity contribution is 0.476. The van der Waals surface area contributed by atoms with E-state index >= 15 is 0 Å². The van der Waals surface area contributed by atoms with Gasteiger partial charge < -0.3 is 15.2 Å². The molecular weight excluding hydrogens is 531 g/mol. The van der Waals surface area contributed by atoms with Crippen molar-refractivity contribution in [3.63, 3.8) is 0 Å². The second-order valence-corrected chi connectivity index (χ2v) is 9.90. The van der Waals surface area contributed by atoms with Crippen molar-refractivity contribution in [3.8, 4) is 29.1 Å². The van der Waals surface area contributed by atoms with Crippen molar-refractivity contribution >= 4 is 46.7 Å². The van der Waals surface area contributed by atoms with Crippen molar-refractivity contribution in [1.29, 1.82) is 5.26 Å². The highest BCUT2D eigenvalue weighted by Gasteiger charge is 2.06. The van der Waals surface area contributed by atoms with Crippen molar-refractivity contribution in [2.45, 2.75) is 16.3 Å². The molecule has 0 aliphatic carbocycles. The van der Waals surface area contributed by atoms with Crippen LogP contribution < -0.4 is 15.2 Å². The summed E-state index contributed by atoms with van der Waals surface area (Å²) in [7, 11) is 0. The zero-order valence-corrected chi connectivity index (χ0v) is 22.8. The van der Waals surface area contributed by atoms with Crippen LogP contribution in [-0.2, 0) is 6.54 Å². The van der Waals surface area contributed by atoms with Gasteiger partial charge in [-0.2, -0.15) is 5.26 Å². The minimum atomic E-state index is 0.402. The molecule has 0 atom stereocenters. The average molecular weight is 556 g/mol. The fourth-order valence-corrected chi connectivity index (χ4v) is 4.21. The first-order chi connectivity index (χ1) is 17.4. The van der Waals surface area contributed by atoms with Gasteiger partial charge in [0, 0.05) is 31.9 Å². The number of rotatable bonds is 7. The van der Waals surface area contributed by atoms with Gasteiger partial charge >= 0.3 is 0 Å². The van der Waals surface area contributed by atoms with Crippen LogP contribution in [0.5, 0.6) is 23.0 Å². The summed E-state index contributed by atoms with van der Waals surface area (Å²) in [5, 5.41) is 10.2. The third kappa shape index (κ3) is 8.12. The van der Waals surface area contributed by atoms with Gasteiger partial charge in [-0.1, -0.05) is 23.2 Å². The van der Waals surface area contributed by atoms with Crippen LogP contribution in [-0.4, -0.2) is 12.5 Å². The van der Waals surface area contributed by atoms with E-state index in [0.29, 0.717) is 33.7 Å². The van der Waals surface area contributed by atoms with Crippen LogP contribution >= 0.6 is 46.7 Å². The van der Waals surface area contributed by atoms with Crippen molar-refractivity contribution < 1.29 is 9.47 Å². The van der Waals surface area contributed by atoms with Gasteiger partial charge in [0.1, 0.15) is 29.1 Å². The van der Waals surface area contributed by atoms with E-state index in [1.807, 2.05) is 73.2 Å². The van der Waals surface area contributed by atoms with Gasteiger partial charge in [0.15, 0.2) is 0 Å². The molecule has 4 rings (SSSR count). The fourth-order valence-electron chi connectivity index (χ4n) is 3.03. The van der Waals surface area contributed by atoms with E-state index in [0.717, 1.165) is 17.1 Å². The second-order valence-electron chi connectivity index (χ2n) is 7.26. The van der Waals surface area contributed by atoms with Crippen LogP contribution in [0.3, 0.4) is 0 Å². The second kappa shape index (κ2) is 14.1. The van der Waals surface area contributed by atoms with Crippen molar-refractivity contribution in [1.82, 2.24) is 0 Å². The molecule has 0 saturated heterocycles. The standard InChI is InChI=1S/C14H14ClNOS.C14H10ClNOS/c2*1-18-13-5-3-12(4-6-13)17-14-7-2-11(15)8-10(14)9-16/h2-8H,9,16H2,1H3;2-8H,1H3. The predicted octanol–water partition coefficient (Wildman–Crippen LogP) is 9.04. The molecule has 0 amide bonds. The van der Waals surface area contributed by atoms with Gasteiger partial charge in [-0.3, -0.25) is 0 Å². The predicted molar refractivity (Wildman–Crippen MR) is 152 cm³/mol. The third-order valence-electron chi connectivity index (χ3n) is 4.88. The number of hydrogen-bond donors (Lipinski definition) is 1. The lowest BCUT2D eigenvalue weighted by Crippen LogP contribution is -1.99. The summed E-state index contributed by atoms with van der Waals surface area (Å²) in [6.07, 6.45) is 4.06. The summed E-state index contributed by atoms with van der Waals surface area (Å²) in [6, 6.07) is 28.2. The largest absolute Gasteiger partial charge is 0.457 e. The zero-order valence-electron chi connectivity index (χ0n) is 19.7. The highest BCUT2D eigenvalue weighted by Crippen LogP contribution is 2.30. The van der Waals surface area contributed by atoms with Crippen LogP contribution in [0.15, 0.2) is 94.7 Å². The zero-order chi connectivity index (χ0) is 25.9. The van der Waals surface area contributed by atoms with E-state index in [4.69, 9.17) is 43.7 Å². The molecular formula is C28H24Cl2N2O2S2. The van der Waals surface area contributed by atoms with Crippen LogP contribution in [0.2, 0.25) is 10.0 Å². The summed E-state index contributed by atoms with van der Waals surface area (Å²) in [5.74, 6) is 2.76. The maximum Gasteiger partial charge on any atom is 0.145 e. The molecule has 0 aromatic heterocycles. The number of nitriles is 1. The van der Waals surface area contributed by atoms with E-state index in [1.54, 1.807) is 47.8 Å². The molecule has 2 N–H and O–H groups in total. The molecule has 0 bridgehead atoms. The Morgan fingerprint density at radius 2 is 1.19 bits per heavy atom. The molecule has 0 fully saturated rings. The molecule has 184 valence electrons. The van der Waals surface area contributed by atoms with Gasteiger partial charge in [0.05, 0.1) is 5.56 Å². The smallest absolute Gasteiger partial charge is 0.145 e. The lowest BCUT2D eigenvalue weighted by atomic mass is 10.2. The van der Waals surface area contributed by atoms with Crippen LogP contribution in [0.25, 0.3) is 0 Å². The Labute approximate surface area is 230 Å². The molecule has 0 aliphatic heterocycles. The maximum atomic E-state index is 9.01. The minimum Gasteiger partial charge on any atom is -0.457 e. The molecule has 0 unspecified atom stereocenters. The number of benzene rings is 4. The summed E-state index contributed by atoms with van der Waals surface area (Å²) < 4.78 is 11.5. The minimum absolute atomic E-state index is 0.402. The number of nitrogens with zero attached hydrogens (tertiary/aromatic N) is 1. The quantitative estimate of drug-likeness (QED) is 0.230. The van der Waals surface area contributed by atoms with Crippen molar-refractivity contribution in [2.75, 3.05) is 12.5 Å². The van der Waals surface area contributed by atoms with Gasteiger partial charge in [-0.05, 0) is 97.4 Å². The first-order valence-corrected chi connectivity index (χ1v) is 14.0. The van der Waals surface area contributed by atoms with Gasteiger partial charge in [0.25, 0.3) is 0 Å². The lowest BCUT2D eigenvalue weighted by Gasteiger charge is -2.10. The normalized spacial score (nSPS) is 10.1. The Kier molecular flexibility index (Phi) is 10.9. The van der Waals surface area contributed by atoms with Crippen LogP contribution in [0.4, 0.5) is 0 Å². The summed E-state index contributed by atoms with van der Waals surface area (Å²) in [4.78, 5) is 2.37. The Bertz CT molecular complexity index is 1330. The molecule has 0 aliphatic rings. The summed E-state index contributed by atoms with van der Waals surface area (Å²) in [5.41, 5.74) is 7.00. The molecule has 4 nitrogen and oxygen atoms in total. The Morgan fingerprint density at radius 3 is 1.67 bits per heavy atom. The fraction of sp³-hybridized carbons (Fsp3) is 0.107. The first kappa shape index (κ1) is 27.8. The molecule has 0 heterocycles. The average Bonchev–Trinajstić information content (AvgIpc) is 2.91. The Balaban J connectivity index is 0.000000201. The Hall–Kier alpha value is -2.79. The molecule has 36 heavy (non-hydrogen) atoms. The van der Waals surface area contributed by atoms with Crippen molar-refractivity contribution in [3.05, 3.63) is 106 Å². The number of thioether (sulfide) groups is 2. The molecule has 0 radical (unpaired) electrons. The summed E-state index contributed by atoms with van der Waals surface area (Å²) in [6.45, 7) is 0.402. The van der Waals surface area contributed by atoms with E-state index < -0.39 is 0 Å². The van der Waals surface area contributed by atoms with Gasteiger partial charge in [-0.25, -0.2) is 0 Å². The highest BCUT2D eigenvalue weighted by molar-refractivity contribution is 7.98. The number of hydrogen-bond acceptors (Lipinski definition) is 6. The Morgan fingerprint density at radius 1 is 0.722 bits per heavy atom. The van der Waals surface area contributed by atoms with E-state index in [2.05, 4.69) is 6.07 Å². The molecule has 4 aromatic carbocycles. The summed E-state index contributed by atoms with van der Waals surface area (Å²) >= 11 is 15.1.